The predicted molar refractivity (Wildman–Crippen MR) is 79.9 cm³/mol. The molecule has 0 radical (unpaired) electrons. The van der Waals surface area contributed by atoms with Crippen molar-refractivity contribution >= 4 is 0 Å². The van der Waals surface area contributed by atoms with E-state index in [0.29, 0.717) is 0 Å². The van der Waals surface area contributed by atoms with E-state index in [2.05, 4.69) is 46.7 Å². The van der Waals surface area contributed by atoms with Gasteiger partial charge >= 0.3 is 0 Å². The molecule has 0 bridgehead atoms. The van der Waals surface area contributed by atoms with Crippen LogP contribution in [0.5, 0.6) is 0 Å². The Morgan fingerprint density at radius 3 is 2.74 bits per heavy atom. The molecule has 0 unspecified atom stereocenters. The number of benzene rings is 1. The first-order valence-corrected chi connectivity index (χ1v) is 7.20. The van der Waals surface area contributed by atoms with Crippen LogP contribution in [0.2, 0.25) is 0 Å². The maximum atomic E-state index is 4.16. The monoisotopic (exact) mass is 257 g/mol. The minimum Gasteiger partial charge on any atom is -0.313 e. The molecule has 0 fully saturated rings. The molecule has 0 amide bonds. The highest BCUT2D eigenvalue weighted by molar-refractivity contribution is 5.62. The lowest BCUT2D eigenvalue weighted by atomic mass is 10.1. The number of nitrogens with one attached hydrogen (secondary N) is 2. The second-order valence-corrected chi connectivity index (χ2v) is 4.87. The lowest BCUT2D eigenvalue weighted by Crippen LogP contribution is -2.14. The standard InChI is InChI=1S/C16H23N3/c1-2-3-4-8-11-17-12-15-13-18-19-16(15)14-9-6-5-7-10-14/h5-7,9-10,13,17H,2-4,8,11-12H2,1H3,(H,18,19). The van der Waals surface area contributed by atoms with Crippen molar-refractivity contribution in [3.05, 3.63) is 42.1 Å². The van der Waals surface area contributed by atoms with Gasteiger partial charge in [0, 0.05) is 12.1 Å². The summed E-state index contributed by atoms with van der Waals surface area (Å²) in [5.74, 6) is 0. The summed E-state index contributed by atoms with van der Waals surface area (Å²) in [5.41, 5.74) is 3.56. The van der Waals surface area contributed by atoms with E-state index in [9.17, 15) is 0 Å². The highest BCUT2D eigenvalue weighted by Gasteiger charge is 2.06. The molecule has 1 heterocycles. The van der Waals surface area contributed by atoms with E-state index in [-0.39, 0.29) is 0 Å². The summed E-state index contributed by atoms with van der Waals surface area (Å²) < 4.78 is 0. The number of hydrogen-bond donors (Lipinski definition) is 2. The van der Waals surface area contributed by atoms with Gasteiger partial charge in [-0.05, 0) is 18.5 Å². The normalized spacial score (nSPS) is 10.8. The van der Waals surface area contributed by atoms with Crippen LogP contribution in [0.15, 0.2) is 36.5 Å². The molecular formula is C16H23N3. The number of hydrogen-bond acceptors (Lipinski definition) is 2. The lowest BCUT2D eigenvalue weighted by molar-refractivity contribution is 0.598. The highest BCUT2D eigenvalue weighted by Crippen LogP contribution is 2.20. The second-order valence-electron chi connectivity index (χ2n) is 4.87. The van der Waals surface area contributed by atoms with Gasteiger partial charge in [0.2, 0.25) is 0 Å². The Morgan fingerprint density at radius 1 is 1.11 bits per heavy atom. The van der Waals surface area contributed by atoms with Gasteiger partial charge in [-0.1, -0.05) is 56.5 Å². The van der Waals surface area contributed by atoms with Crippen molar-refractivity contribution in [3.8, 4) is 11.3 Å². The van der Waals surface area contributed by atoms with Gasteiger partial charge in [0.25, 0.3) is 0 Å². The Bertz CT molecular complexity index is 462. The van der Waals surface area contributed by atoms with Gasteiger partial charge in [-0.2, -0.15) is 5.10 Å². The molecular weight excluding hydrogens is 234 g/mol. The molecule has 3 heteroatoms. The number of rotatable bonds is 8. The fourth-order valence-electron chi connectivity index (χ4n) is 2.20. The number of H-pyrrole nitrogens is 1. The molecule has 0 aliphatic carbocycles. The van der Waals surface area contributed by atoms with Gasteiger partial charge in [-0.25, -0.2) is 0 Å². The van der Waals surface area contributed by atoms with Gasteiger partial charge in [0.05, 0.1) is 11.9 Å². The Labute approximate surface area is 115 Å². The fourth-order valence-corrected chi connectivity index (χ4v) is 2.20. The van der Waals surface area contributed by atoms with Crippen molar-refractivity contribution < 1.29 is 0 Å². The first kappa shape index (κ1) is 13.8. The molecule has 1 aromatic carbocycles. The van der Waals surface area contributed by atoms with Crippen molar-refractivity contribution in [3.63, 3.8) is 0 Å². The van der Waals surface area contributed by atoms with Gasteiger partial charge in [0.1, 0.15) is 0 Å². The number of aromatic nitrogens is 2. The van der Waals surface area contributed by atoms with Crippen molar-refractivity contribution in [2.75, 3.05) is 6.54 Å². The second kappa shape index (κ2) is 7.74. The number of unbranched alkanes of at least 4 members (excludes halogenated alkanes) is 3. The molecule has 1 aromatic heterocycles. The first-order valence-electron chi connectivity index (χ1n) is 7.20. The van der Waals surface area contributed by atoms with E-state index in [1.807, 2.05) is 12.3 Å². The molecule has 102 valence electrons. The third-order valence-corrected chi connectivity index (χ3v) is 3.30. The van der Waals surface area contributed by atoms with Crippen LogP contribution in [0.25, 0.3) is 11.3 Å². The molecule has 19 heavy (non-hydrogen) atoms. The van der Waals surface area contributed by atoms with E-state index in [4.69, 9.17) is 0 Å². The molecule has 2 rings (SSSR count). The molecule has 0 saturated heterocycles. The van der Waals surface area contributed by atoms with Crippen LogP contribution in [0, 0.1) is 0 Å². The van der Waals surface area contributed by atoms with Gasteiger partial charge in [-0.3, -0.25) is 5.10 Å². The minimum absolute atomic E-state index is 0.882. The molecule has 0 aliphatic rings. The predicted octanol–water partition coefficient (Wildman–Crippen LogP) is 3.75. The van der Waals surface area contributed by atoms with E-state index in [1.54, 1.807) is 0 Å². The summed E-state index contributed by atoms with van der Waals surface area (Å²) in [5, 5.41) is 10.8. The molecule has 0 saturated carbocycles. The Balaban J connectivity index is 1.83. The van der Waals surface area contributed by atoms with Crippen LogP contribution in [0.1, 0.15) is 38.2 Å². The maximum absolute atomic E-state index is 4.16. The van der Waals surface area contributed by atoms with Crippen molar-refractivity contribution in [2.24, 2.45) is 0 Å². The van der Waals surface area contributed by atoms with Crippen LogP contribution in [0.4, 0.5) is 0 Å². The Hall–Kier alpha value is -1.61. The van der Waals surface area contributed by atoms with E-state index < -0.39 is 0 Å². The Kier molecular flexibility index (Phi) is 5.63. The largest absolute Gasteiger partial charge is 0.313 e. The molecule has 2 N–H and O–H groups in total. The van der Waals surface area contributed by atoms with Crippen molar-refractivity contribution in [2.45, 2.75) is 39.2 Å². The molecule has 3 nitrogen and oxygen atoms in total. The van der Waals surface area contributed by atoms with E-state index >= 15 is 0 Å². The first-order chi connectivity index (χ1) is 9.42. The summed E-state index contributed by atoms with van der Waals surface area (Å²) in [7, 11) is 0. The van der Waals surface area contributed by atoms with Gasteiger partial charge in [0.15, 0.2) is 0 Å². The number of aromatic amines is 1. The third-order valence-electron chi connectivity index (χ3n) is 3.30. The summed E-state index contributed by atoms with van der Waals surface area (Å²) >= 11 is 0. The average Bonchev–Trinajstić information content (AvgIpc) is 2.92. The summed E-state index contributed by atoms with van der Waals surface area (Å²) in [4.78, 5) is 0. The van der Waals surface area contributed by atoms with Crippen molar-refractivity contribution in [1.82, 2.24) is 15.5 Å². The lowest BCUT2D eigenvalue weighted by Gasteiger charge is -2.05. The van der Waals surface area contributed by atoms with Crippen LogP contribution >= 0.6 is 0 Å². The zero-order chi connectivity index (χ0) is 13.3. The molecule has 0 spiro atoms. The third kappa shape index (κ3) is 4.21. The van der Waals surface area contributed by atoms with Crippen molar-refractivity contribution in [1.29, 1.82) is 0 Å². The van der Waals surface area contributed by atoms with Gasteiger partial charge in [-0.15, -0.1) is 0 Å². The summed E-state index contributed by atoms with van der Waals surface area (Å²) in [6, 6.07) is 10.4. The van der Waals surface area contributed by atoms with Crippen LogP contribution in [-0.4, -0.2) is 16.7 Å². The molecule has 0 atom stereocenters. The zero-order valence-corrected chi connectivity index (χ0v) is 11.7. The molecule has 0 aliphatic heterocycles. The quantitative estimate of drug-likeness (QED) is 0.707. The fraction of sp³-hybridized carbons (Fsp3) is 0.438. The summed E-state index contributed by atoms with van der Waals surface area (Å²) in [6.45, 7) is 4.21. The van der Waals surface area contributed by atoms with Crippen LogP contribution < -0.4 is 5.32 Å². The minimum atomic E-state index is 0.882. The molecule has 2 aromatic rings. The number of nitrogens with zero attached hydrogens (tertiary/aromatic N) is 1. The summed E-state index contributed by atoms with van der Waals surface area (Å²) in [6.07, 6.45) is 7.12. The van der Waals surface area contributed by atoms with E-state index in [1.165, 1.54) is 36.8 Å². The Morgan fingerprint density at radius 2 is 1.95 bits per heavy atom. The topological polar surface area (TPSA) is 40.7 Å². The zero-order valence-electron chi connectivity index (χ0n) is 11.7. The van der Waals surface area contributed by atoms with Crippen LogP contribution in [0.3, 0.4) is 0 Å². The maximum Gasteiger partial charge on any atom is 0.0695 e. The average molecular weight is 257 g/mol. The highest BCUT2D eigenvalue weighted by atomic mass is 15.1. The SMILES string of the molecule is CCCCCCNCc1cn[nH]c1-c1ccccc1. The van der Waals surface area contributed by atoms with Crippen LogP contribution in [-0.2, 0) is 6.54 Å². The smallest absolute Gasteiger partial charge is 0.0695 e. The van der Waals surface area contributed by atoms with E-state index in [0.717, 1.165) is 18.8 Å². The van der Waals surface area contributed by atoms with Gasteiger partial charge < -0.3 is 5.32 Å².